The van der Waals surface area contributed by atoms with E-state index in [1.54, 1.807) is 12.1 Å². The van der Waals surface area contributed by atoms with Crippen LogP contribution in [0.2, 0.25) is 10.0 Å². The molecule has 0 saturated carbocycles. The minimum atomic E-state index is 0.653. The van der Waals surface area contributed by atoms with Crippen LogP contribution in [0.4, 0.5) is 0 Å². The second-order valence-corrected chi connectivity index (χ2v) is 5.32. The molecule has 0 aliphatic rings. The summed E-state index contributed by atoms with van der Waals surface area (Å²) in [6, 6.07) is 15.3. The van der Waals surface area contributed by atoms with Gasteiger partial charge in [0.1, 0.15) is 0 Å². The standard InChI is InChI=1S/C16H14Cl2N2/c17-15-5-4-14(16(18)9-15)6-7-20-11-13-3-1-2-12(8-13)10-19/h1-5,8-9,20H,6-7,11H2. The lowest BCUT2D eigenvalue weighted by atomic mass is 10.1. The number of benzene rings is 2. The number of nitrogens with one attached hydrogen (secondary N) is 1. The molecule has 2 aromatic rings. The summed E-state index contributed by atoms with van der Waals surface area (Å²) >= 11 is 12.0. The van der Waals surface area contributed by atoms with Gasteiger partial charge in [0, 0.05) is 16.6 Å². The molecule has 0 spiro atoms. The van der Waals surface area contributed by atoms with Crippen molar-refractivity contribution in [3.63, 3.8) is 0 Å². The van der Waals surface area contributed by atoms with E-state index >= 15 is 0 Å². The van der Waals surface area contributed by atoms with Gasteiger partial charge in [0.25, 0.3) is 0 Å². The summed E-state index contributed by atoms with van der Waals surface area (Å²) in [5, 5.41) is 13.5. The second-order valence-electron chi connectivity index (χ2n) is 4.47. The third kappa shape index (κ3) is 4.25. The van der Waals surface area contributed by atoms with Crippen LogP contribution >= 0.6 is 23.2 Å². The first-order valence-electron chi connectivity index (χ1n) is 6.33. The Kier molecular flexibility index (Phi) is 5.43. The molecule has 0 unspecified atom stereocenters. The van der Waals surface area contributed by atoms with Crippen LogP contribution in [0, 0.1) is 11.3 Å². The molecule has 0 heterocycles. The van der Waals surface area contributed by atoms with Crippen LogP contribution in [0.1, 0.15) is 16.7 Å². The zero-order chi connectivity index (χ0) is 14.4. The molecule has 2 rings (SSSR count). The summed E-state index contributed by atoms with van der Waals surface area (Å²) < 4.78 is 0. The topological polar surface area (TPSA) is 35.8 Å². The van der Waals surface area contributed by atoms with Gasteiger partial charge in [-0.25, -0.2) is 0 Å². The molecule has 0 aliphatic carbocycles. The van der Waals surface area contributed by atoms with E-state index in [0.717, 1.165) is 30.6 Å². The Bertz CT molecular complexity index is 633. The quantitative estimate of drug-likeness (QED) is 0.840. The first kappa shape index (κ1) is 14.9. The predicted molar refractivity (Wildman–Crippen MR) is 83.0 cm³/mol. The molecular weight excluding hydrogens is 291 g/mol. The van der Waals surface area contributed by atoms with Gasteiger partial charge in [-0.3, -0.25) is 0 Å². The second kappa shape index (κ2) is 7.31. The van der Waals surface area contributed by atoms with Crippen molar-refractivity contribution in [3.8, 4) is 6.07 Å². The van der Waals surface area contributed by atoms with Crippen molar-refractivity contribution >= 4 is 23.2 Å². The Morgan fingerprint density at radius 2 is 1.95 bits per heavy atom. The maximum absolute atomic E-state index is 8.84. The van der Waals surface area contributed by atoms with Crippen molar-refractivity contribution in [2.75, 3.05) is 6.54 Å². The minimum Gasteiger partial charge on any atom is -0.312 e. The Morgan fingerprint density at radius 1 is 1.10 bits per heavy atom. The molecule has 2 aromatic carbocycles. The third-order valence-electron chi connectivity index (χ3n) is 2.97. The number of nitriles is 1. The van der Waals surface area contributed by atoms with Crippen LogP contribution in [0.3, 0.4) is 0 Å². The molecule has 0 bridgehead atoms. The Labute approximate surface area is 128 Å². The molecule has 0 fully saturated rings. The zero-order valence-electron chi connectivity index (χ0n) is 10.9. The summed E-state index contributed by atoms with van der Waals surface area (Å²) in [5.41, 5.74) is 2.87. The van der Waals surface area contributed by atoms with Crippen molar-refractivity contribution in [2.24, 2.45) is 0 Å². The van der Waals surface area contributed by atoms with Gasteiger partial charge in [-0.1, -0.05) is 41.4 Å². The third-order valence-corrected chi connectivity index (χ3v) is 3.56. The van der Waals surface area contributed by atoms with Crippen LogP contribution < -0.4 is 5.32 Å². The average Bonchev–Trinajstić information content (AvgIpc) is 2.45. The molecule has 0 radical (unpaired) electrons. The van der Waals surface area contributed by atoms with Crippen molar-refractivity contribution < 1.29 is 0 Å². The highest BCUT2D eigenvalue weighted by Gasteiger charge is 2.01. The lowest BCUT2D eigenvalue weighted by Crippen LogP contribution is -2.16. The maximum Gasteiger partial charge on any atom is 0.0991 e. The summed E-state index contributed by atoms with van der Waals surface area (Å²) in [6.45, 7) is 1.55. The van der Waals surface area contributed by atoms with E-state index < -0.39 is 0 Å². The van der Waals surface area contributed by atoms with E-state index in [2.05, 4.69) is 11.4 Å². The molecule has 4 heteroatoms. The minimum absolute atomic E-state index is 0.653. The summed E-state index contributed by atoms with van der Waals surface area (Å²) in [4.78, 5) is 0. The van der Waals surface area contributed by atoms with E-state index in [-0.39, 0.29) is 0 Å². The molecular formula is C16H14Cl2N2. The number of rotatable bonds is 5. The largest absolute Gasteiger partial charge is 0.312 e. The highest BCUT2D eigenvalue weighted by atomic mass is 35.5. The molecule has 0 aliphatic heterocycles. The number of halogens is 2. The van der Waals surface area contributed by atoms with Crippen LogP contribution in [-0.2, 0) is 13.0 Å². The molecule has 0 atom stereocenters. The smallest absolute Gasteiger partial charge is 0.0991 e. The van der Waals surface area contributed by atoms with E-state index in [1.165, 1.54) is 0 Å². The van der Waals surface area contributed by atoms with Gasteiger partial charge in [-0.05, 0) is 48.4 Å². The van der Waals surface area contributed by atoms with Crippen molar-refractivity contribution in [1.82, 2.24) is 5.32 Å². The summed E-state index contributed by atoms with van der Waals surface area (Å²) in [7, 11) is 0. The molecule has 0 aromatic heterocycles. The highest BCUT2D eigenvalue weighted by molar-refractivity contribution is 6.35. The fraction of sp³-hybridized carbons (Fsp3) is 0.188. The van der Waals surface area contributed by atoms with Crippen LogP contribution in [-0.4, -0.2) is 6.54 Å². The van der Waals surface area contributed by atoms with Crippen LogP contribution in [0.15, 0.2) is 42.5 Å². The van der Waals surface area contributed by atoms with Gasteiger partial charge < -0.3 is 5.32 Å². The average molecular weight is 305 g/mol. The molecule has 0 saturated heterocycles. The van der Waals surface area contributed by atoms with E-state index in [0.29, 0.717) is 15.6 Å². The number of hydrogen-bond donors (Lipinski definition) is 1. The number of nitrogens with zero attached hydrogens (tertiary/aromatic N) is 1. The van der Waals surface area contributed by atoms with Crippen LogP contribution in [0.5, 0.6) is 0 Å². The fourth-order valence-electron chi connectivity index (χ4n) is 1.93. The van der Waals surface area contributed by atoms with Crippen molar-refractivity contribution in [3.05, 3.63) is 69.2 Å². The van der Waals surface area contributed by atoms with Crippen molar-refractivity contribution in [1.29, 1.82) is 5.26 Å². The van der Waals surface area contributed by atoms with E-state index in [9.17, 15) is 0 Å². The molecule has 102 valence electrons. The normalized spacial score (nSPS) is 10.2. The Balaban J connectivity index is 1.83. The molecule has 20 heavy (non-hydrogen) atoms. The fourth-order valence-corrected chi connectivity index (χ4v) is 2.43. The maximum atomic E-state index is 8.84. The van der Waals surface area contributed by atoms with Crippen LogP contribution in [0.25, 0.3) is 0 Å². The molecule has 2 nitrogen and oxygen atoms in total. The van der Waals surface area contributed by atoms with Gasteiger partial charge in [-0.15, -0.1) is 0 Å². The number of hydrogen-bond acceptors (Lipinski definition) is 2. The summed E-state index contributed by atoms with van der Waals surface area (Å²) in [5.74, 6) is 0. The van der Waals surface area contributed by atoms with Gasteiger partial charge in [-0.2, -0.15) is 5.26 Å². The SMILES string of the molecule is N#Cc1cccc(CNCCc2ccc(Cl)cc2Cl)c1. The zero-order valence-corrected chi connectivity index (χ0v) is 12.4. The Morgan fingerprint density at radius 3 is 2.70 bits per heavy atom. The van der Waals surface area contributed by atoms with E-state index in [1.807, 2.05) is 30.3 Å². The van der Waals surface area contributed by atoms with Gasteiger partial charge in [0.05, 0.1) is 11.6 Å². The lowest BCUT2D eigenvalue weighted by Gasteiger charge is -2.07. The Hall–Kier alpha value is -1.53. The lowest BCUT2D eigenvalue weighted by molar-refractivity contribution is 0.687. The van der Waals surface area contributed by atoms with Gasteiger partial charge in [0.15, 0.2) is 0 Å². The molecule has 1 N–H and O–H groups in total. The monoisotopic (exact) mass is 304 g/mol. The first-order valence-corrected chi connectivity index (χ1v) is 7.08. The molecule has 0 amide bonds. The first-order chi connectivity index (χ1) is 9.69. The summed E-state index contributed by atoms with van der Waals surface area (Å²) in [6.07, 6.45) is 0.841. The van der Waals surface area contributed by atoms with Crippen molar-refractivity contribution in [2.45, 2.75) is 13.0 Å². The van der Waals surface area contributed by atoms with Gasteiger partial charge >= 0.3 is 0 Å². The van der Waals surface area contributed by atoms with Gasteiger partial charge in [0.2, 0.25) is 0 Å². The highest BCUT2D eigenvalue weighted by Crippen LogP contribution is 2.21. The predicted octanol–water partition coefficient (Wildman–Crippen LogP) is 4.20. The van der Waals surface area contributed by atoms with E-state index in [4.69, 9.17) is 28.5 Å².